The van der Waals surface area contributed by atoms with Crippen molar-refractivity contribution < 1.29 is 4.79 Å². The van der Waals surface area contributed by atoms with E-state index in [0.29, 0.717) is 5.78 Å². The van der Waals surface area contributed by atoms with Crippen molar-refractivity contribution in [3.63, 3.8) is 0 Å². The highest BCUT2D eigenvalue weighted by Gasteiger charge is 2.45. The van der Waals surface area contributed by atoms with Gasteiger partial charge in [-0.1, -0.05) is 19.8 Å². The summed E-state index contributed by atoms with van der Waals surface area (Å²) >= 11 is 0. The molecule has 3 fully saturated rings. The van der Waals surface area contributed by atoms with Crippen molar-refractivity contribution in [2.24, 2.45) is 17.8 Å². The molecule has 0 aromatic heterocycles. The van der Waals surface area contributed by atoms with Crippen LogP contribution in [0.2, 0.25) is 0 Å². The van der Waals surface area contributed by atoms with E-state index in [2.05, 4.69) is 12.2 Å². The van der Waals surface area contributed by atoms with Gasteiger partial charge < -0.3 is 5.32 Å². The number of carbonyl (C=O) groups is 1. The first kappa shape index (κ1) is 12.7. The Balaban J connectivity index is 1.63. The second-order valence-corrected chi connectivity index (χ2v) is 6.92. The maximum atomic E-state index is 12.7. The molecule has 18 heavy (non-hydrogen) atoms. The third-order valence-electron chi connectivity index (χ3n) is 5.79. The minimum atomic E-state index is -0.128. The Morgan fingerprint density at radius 2 is 2.22 bits per heavy atom. The van der Waals surface area contributed by atoms with Crippen molar-refractivity contribution in [2.75, 3.05) is 6.54 Å². The minimum Gasteiger partial charge on any atom is -0.305 e. The van der Waals surface area contributed by atoms with Gasteiger partial charge in [-0.3, -0.25) is 4.79 Å². The quantitative estimate of drug-likeness (QED) is 0.810. The van der Waals surface area contributed by atoms with Gasteiger partial charge in [0.05, 0.1) is 5.54 Å². The Bertz CT molecular complexity index is 319. The lowest BCUT2D eigenvalue weighted by atomic mass is 9.78. The second-order valence-electron chi connectivity index (χ2n) is 6.92. The lowest BCUT2D eigenvalue weighted by molar-refractivity contribution is -0.126. The number of nitrogens with one attached hydrogen (secondary N) is 1. The summed E-state index contributed by atoms with van der Waals surface area (Å²) in [7, 11) is 0. The van der Waals surface area contributed by atoms with E-state index in [-0.39, 0.29) is 5.54 Å². The van der Waals surface area contributed by atoms with Gasteiger partial charge in [-0.25, -0.2) is 0 Å². The number of rotatable bonds is 5. The van der Waals surface area contributed by atoms with Gasteiger partial charge in [0, 0.05) is 6.42 Å². The van der Waals surface area contributed by atoms with E-state index in [1.807, 2.05) is 0 Å². The SMILES string of the molecule is CCCC1(C(=O)CC2CC3CCC2C3)CCCN1. The van der Waals surface area contributed by atoms with Crippen LogP contribution in [0, 0.1) is 17.8 Å². The first-order chi connectivity index (χ1) is 8.73. The maximum Gasteiger partial charge on any atom is 0.153 e. The molecular formula is C16H27NO. The van der Waals surface area contributed by atoms with E-state index in [1.54, 1.807) is 0 Å². The molecule has 1 heterocycles. The molecule has 2 bridgehead atoms. The van der Waals surface area contributed by atoms with E-state index in [1.165, 1.54) is 32.1 Å². The number of Topliss-reactive ketones (excluding diaryl/α,β-unsaturated/α-hetero) is 1. The molecule has 2 nitrogen and oxygen atoms in total. The van der Waals surface area contributed by atoms with Crippen LogP contribution in [-0.4, -0.2) is 17.9 Å². The average Bonchev–Trinajstić information content (AvgIpc) is 3.04. The highest BCUT2D eigenvalue weighted by Crippen LogP contribution is 2.50. The van der Waals surface area contributed by atoms with E-state index < -0.39 is 0 Å². The van der Waals surface area contributed by atoms with Gasteiger partial charge in [0.15, 0.2) is 5.78 Å². The first-order valence-corrected chi connectivity index (χ1v) is 8.02. The second kappa shape index (κ2) is 4.96. The average molecular weight is 249 g/mol. The highest BCUT2D eigenvalue weighted by atomic mass is 16.1. The van der Waals surface area contributed by atoms with Gasteiger partial charge in [-0.05, 0) is 62.8 Å². The Kier molecular flexibility index (Phi) is 3.48. The molecule has 2 saturated carbocycles. The number of carbonyl (C=O) groups excluding carboxylic acids is 1. The van der Waals surface area contributed by atoms with Crippen LogP contribution in [0.3, 0.4) is 0 Å². The molecule has 4 atom stereocenters. The number of hydrogen-bond acceptors (Lipinski definition) is 2. The standard InChI is InChI=1S/C16H27NO/c1-2-6-16(7-3-8-17-16)15(18)11-14-10-12-4-5-13(14)9-12/h12-14,17H,2-11H2,1H3. The predicted molar refractivity (Wildman–Crippen MR) is 73.4 cm³/mol. The fraction of sp³-hybridized carbons (Fsp3) is 0.938. The van der Waals surface area contributed by atoms with Gasteiger partial charge in [0.1, 0.15) is 0 Å². The number of ketones is 1. The van der Waals surface area contributed by atoms with Gasteiger partial charge in [-0.15, -0.1) is 0 Å². The summed E-state index contributed by atoms with van der Waals surface area (Å²) in [6.07, 6.45) is 10.9. The molecule has 1 aliphatic heterocycles. The monoisotopic (exact) mass is 249 g/mol. The maximum absolute atomic E-state index is 12.7. The van der Waals surface area contributed by atoms with Crippen LogP contribution < -0.4 is 5.32 Å². The van der Waals surface area contributed by atoms with Crippen LogP contribution in [0.1, 0.15) is 64.7 Å². The van der Waals surface area contributed by atoms with E-state index in [0.717, 1.165) is 50.0 Å². The predicted octanol–water partition coefficient (Wildman–Crippen LogP) is 3.30. The van der Waals surface area contributed by atoms with E-state index >= 15 is 0 Å². The molecule has 1 saturated heterocycles. The topological polar surface area (TPSA) is 29.1 Å². The molecule has 3 rings (SSSR count). The van der Waals surface area contributed by atoms with Crippen molar-refractivity contribution in [1.82, 2.24) is 5.32 Å². The molecule has 0 radical (unpaired) electrons. The van der Waals surface area contributed by atoms with Crippen LogP contribution in [0.5, 0.6) is 0 Å². The van der Waals surface area contributed by atoms with Crippen LogP contribution >= 0.6 is 0 Å². The normalized spacial score (nSPS) is 42.6. The molecule has 0 aromatic rings. The molecule has 0 amide bonds. The minimum absolute atomic E-state index is 0.128. The summed E-state index contributed by atoms with van der Waals surface area (Å²) in [6, 6.07) is 0. The fourth-order valence-electron chi connectivity index (χ4n) is 4.88. The van der Waals surface area contributed by atoms with Crippen molar-refractivity contribution in [3.05, 3.63) is 0 Å². The molecule has 1 N–H and O–H groups in total. The van der Waals surface area contributed by atoms with Crippen LogP contribution in [-0.2, 0) is 4.79 Å². The third kappa shape index (κ3) is 2.13. The Labute approximate surface area is 111 Å². The van der Waals surface area contributed by atoms with E-state index in [4.69, 9.17) is 0 Å². The largest absolute Gasteiger partial charge is 0.305 e. The van der Waals surface area contributed by atoms with Crippen LogP contribution in [0.15, 0.2) is 0 Å². The molecule has 102 valence electrons. The zero-order chi connectivity index (χ0) is 12.6. The molecule has 2 aliphatic carbocycles. The lowest BCUT2D eigenvalue weighted by Crippen LogP contribution is -2.48. The van der Waals surface area contributed by atoms with Gasteiger partial charge in [-0.2, -0.15) is 0 Å². The smallest absolute Gasteiger partial charge is 0.153 e. The molecule has 2 heteroatoms. The summed E-state index contributed by atoms with van der Waals surface area (Å²) < 4.78 is 0. The highest BCUT2D eigenvalue weighted by molar-refractivity contribution is 5.89. The third-order valence-corrected chi connectivity index (χ3v) is 5.79. The van der Waals surface area contributed by atoms with Gasteiger partial charge >= 0.3 is 0 Å². The number of hydrogen-bond donors (Lipinski definition) is 1. The Morgan fingerprint density at radius 1 is 1.33 bits per heavy atom. The van der Waals surface area contributed by atoms with Gasteiger partial charge in [0.2, 0.25) is 0 Å². The zero-order valence-corrected chi connectivity index (χ0v) is 11.7. The van der Waals surface area contributed by atoms with Crippen LogP contribution in [0.4, 0.5) is 0 Å². The van der Waals surface area contributed by atoms with Crippen molar-refractivity contribution in [1.29, 1.82) is 0 Å². The summed E-state index contributed by atoms with van der Waals surface area (Å²) in [5, 5.41) is 3.54. The molecule has 0 spiro atoms. The molecular weight excluding hydrogens is 222 g/mol. The molecule has 0 aromatic carbocycles. The van der Waals surface area contributed by atoms with Crippen LogP contribution in [0.25, 0.3) is 0 Å². The lowest BCUT2D eigenvalue weighted by Gasteiger charge is -2.30. The summed E-state index contributed by atoms with van der Waals surface area (Å²) in [4.78, 5) is 12.7. The Hall–Kier alpha value is -0.370. The Morgan fingerprint density at radius 3 is 2.78 bits per heavy atom. The summed E-state index contributed by atoms with van der Waals surface area (Å²) in [5.41, 5.74) is -0.128. The van der Waals surface area contributed by atoms with Crippen molar-refractivity contribution in [2.45, 2.75) is 70.3 Å². The molecule has 4 unspecified atom stereocenters. The summed E-state index contributed by atoms with van der Waals surface area (Å²) in [6.45, 7) is 3.25. The van der Waals surface area contributed by atoms with Crippen molar-refractivity contribution >= 4 is 5.78 Å². The van der Waals surface area contributed by atoms with Crippen molar-refractivity contribution in [3.8, 4) is 0 Å². The van der Waals surface area contributed by atoms with E-state index in [9.17, 15) is 4.79 Å². The zero-order valence-electron chi connectivity index (χ0n) is 11.7. The fourth-order valence-corrected chi connectivity index (χ4v) is 4.88. The molecule has 3 aliphatic rings. The van der Waals surface area contributed by atoms with Gasteiger partial charge in [0.25, 0.3) is 0 Å². The summed E-state index contributed by atoms with van der Waals surface area (Å²) in [5.74, 6) is 3.12. The first-order valence-electron chi connectivity index (χ1n) is 8.02. The number of fused-ring (bicyclic) bond motifs is 2.